The standard InChI is InChI=1S/C28H19N3OS/c29-17-23(18-30-24-12-14-26(15-13-24)32-25-8-2-1-3-9-25)28-31-27(19-33-28)22-11-10-20-6-4-5-7-21(20)16-22/h1-16,18-19,30H. The average Bonchev–Trinajstić information content (AvgIpc) is 3.36. The molecule has 1 heterocycles. The Morgan fingerprint density at radius 3 is 2.36 bits per heavy atom. The largest absolute Gasteiger partial charge is 0.457 e. The molecule has 0 unspecified atom stereocenters. The van der Waals surface area contributed by atoms with Crippen molar-refractivity contribution in [1.29, 1.82) is 5.26 Å². The SMILES string of the molecule is N#CC(=CNc1ccc(Oc2ccccc2)cc1)c1nc(-c2ccc3ccccc3c2)cs1. The molecular weight excluding hydrogens is 426 g/mol. The summed E-state index contributed by atoms with van der Waals surface area (Å²) in [4.78, 5) is 4.70. The number of benzene rings is 4. The van der Waals surface area contributed by atoms with Crippen LogP contribution >= 0.6 is 11.3 Å². The number of anilines is 1. The summed E-state index contributed by atoms with van der Waals surface area (Å²) in [6, 6.07) is 34.0. The lowest BCUT2D eigenvalue weighted by Crippen LogP contribution is -1.91. The summed E-state index contributed by atoms with van der Waals surface area (Å²) in [5, 5.41) is 17.9. The Labute approximate surface area is 196 Å². The number of allylic oxidation sites excluding steroid dienone is 1. The van der Waals surface area contributed by atoms with E-state index in [-0.39, 0.29) is 0 Å². The monoisotopic (exact) mass is 445 g/mol. The molecule has 4 aromatic carbocycles. The van der Waals surface area contributed by atoms with Gasteiger partial charge >= 0.3 is 0 Å². The molecule has 0 amide bonds. The summed E-state index contributed by atoms with van der Waals surface area (Å²) < 4.78 is 5.82. The van der Waals surface area contributed by atoms with Crippen molar-refractivity contribution in [1.82, 2.24) is 4.98 Å². The first-order valence-corrected chi connectivity index (χ1v) is 11.3. The van der Waals surface area contributed by atoms with Gasteiger partial charge in [-0.05, 0) is 53.2 Å². The van der Waals surface area contributed by atoms with Crippen LogP contribution in [0.25, 0.3) is 27.6 Å². The van der Waals surface area contributed by atoms with E-state index in [1.807, 2.05) is 72.1 Å². The molecule has 0 bridgehead atoms. The van der Waals surface area contributed by atoms with Crippen LogP contribution in [-0.4, -0.2) is 4.98 Å². The highest BCUT2D eigenvalue weighted by Crippen LogP contribution is 2.29. The number of thiazole rings is 1. The van der Waals surface area contributed by atoms with Gasteiger partial charge < -0.3 is 10.1 Å². The maximum atomic E-state index is 9.68. The zero-order valence-corrected chi connectivity index (χ0v) is 18.4. The van der Waals surface area contributed by atoms with Crippen LogP contribution in [0.2, 0.25) is 0 Å². The third-order valence-electron chi connectivity index (χ3n) is 5.12. The van der Waals surface area contributed by atoms with Gasteiger partial charge in [-0.15, -0.1) is 11.3 Å². The summed E-state index contributed by atoms with van der Waals surface area (Å²) in [6.45, 7) is 0. The lowest BCUT2D eigenvalue weighted by atomic mass is 10.1. The van der Waals surface area contributed by atoms with E-state index in [1.165, 1.54) is 22.1 Å². The van der Waals surface area contributed by atoms with Crippen LogP contribution in [0.1, 0.15) is 5.01 Å². The van der Waals surface area contributed by atoms with Crippen molar-refractivity contribution in [2.45, 2.75) is 0 Å². The van der Waals surface area contributed by atoms with Crippen LogP contribution in [0.4, 0.5) is 5.69 Å². The van der Waals surface area contributed by atoms with Crippen molar-refractivity contribution < 1.29 is 4.74 Å². The first kappa shape index (κ1) is 20.5. The normalized spacial score (nSPS) is 11.2. The maximum Gasteiger partial charge on any atom is 0.136 e. The Bertz CT molecular complexity index is 1460. The first-order valence-electron chi connectivity index (χ1n) is 10.4. The Kier molecular flexibility index (Phi) is 5.83. The number of nitrogens with zero attached hydrogens (tertiary/aromatic N) is 2. The van der Waals surface area contributed by atoms with Gasteiger partial charge in [0.05, 0.1) is 5.69 Å². The number of ether oxygens (including phenoxy) is 1. The first-order chi connectivity index (χ1) is 16.3. The topological polar surface area (TPSA) is 57.9 Å². The van der Waals surface area contributed by atoms with Crippen LogP contribution in [-0.2, 0) is 0 Å². The van der Waals surface area contributed by atoms with Crippen LogP contribution < -0.4 is 10.1 Å². The molecule has 0 atom stereocenters. The minimum atomic E-state index is 0.483. The molecule has 0 saturated heterocycles. The molecule has 1 aromatic heterocycles. The second kappa shape index (κ2) is 9.39. The lowest BCUT2D eigenvalue weighted by molar-refractivity contribution is 0.483. The Morgan fingerprint density at radius 1 is 0.848 bits per heavy atom. The van der Waals surface area contributed by atoms with E-state index in [2.05, 4.69) is 41.7 Å². The molecule has 0 saturated carbocycles. The van der Waals surface area contributed by atoms with Gasteiger partial charge in [0.15, 0.2) is 0 Å². The third kappa shape index (κ3) is 4.77. The molecule has 5 heteroatoms. The zero-order chi connectivity index (χ0) is 22.5. The van der Waals surface area contributed by atoms with E-state index in [9.17, 15) is 5.26 Å². The van der Waals surface area contributed by atoms with Crippen LogP contribution in [0.3, 0.4) is 0 Å². The average molecular weight is 446 g/mol. The number of hydrogen-bond donors (Lipinski definition) is 1. The molecule has 0 aliphatic rings. The molecule has 0 fully saturated rings. The predicted molar refractivity (Wildman–Crippen MR) is 135 cm³/mol. The van der Waals surface area contributed by atoms with E-state index in [1.54, 1.807) is 6.20 Å². The maximum absolute atomic E-state index is 9.68. The number of aromatic nitrogens is 1. The van der Waals surface area contributed by atoms with Gasteiger partial charge in [-0.1, -0.05) is 54.6 Å². The number of hydrogen-bond acceptors (Lipinski definition) is 5. The van der Waals surface area contributed by atoms with Crippen LogP contribution in [0.5, 0.6) is 11.5 Å². The van der Waals surface area contributed by atoms with Gasteiger partial charge in [0.25, 0.3) is 0 Å². The molecule has 5 aromatic rings. The highest BCUT2D eigenvalue weighted by atomic mass is 32.1. The summed E-state index contributed by atoms with van der Waals surface area (Å²) >= 11 is 1.46. The quantitative estimate of drug-likeness (QED) is 0.272. The second-order valence-electron chi connectivity index (χ2n) is 7.35. The predicted octanol–water partition coefficient (Wildman–Crippen LogP) is 7.73. The van der Waals surface area contributed by atoms with Crippen molar-refractivity contribution in [2.24, 2.45) is 0 Å². The van der Waals surface area contributed by atoms with E-state index >= 15 is 0 Å². The molecule has 5 rings (SSSR count). The van der Waals surface area contributed by atoms with Crippen LogP contribution in [0, 0.1) is 11.3 Å². The molecule has 158 valence electrons. The minimum absolute atomic E-state index is 0.483. The molecule has 0 aliphatic heterocycles. The fourth-order valence-electron chi connectivity index (χ4n) is 3.42. The van der Waals surface area contributed by atoms with Gasteiger partial charge in [0, 0.05) is 22.8 Å². The summed E-state index contributed by atoms with van der Waals surface area (Å²) in [5.41, 5.74) is 3.24. The lowest BCUT2D eigenvalue weighted by Gasteiger charge is -2.07. The molecule has 33 heavy (non-hydrogen) atoms. The zero-order valence-electron chi connectivity index (χ0n) is 17.6. The number of nitrogens with one attached hydrogen (secondary N) is 1. The second-order valence-corrected chi connectivity index (χ2v) is 8.21. The Morgan fingerprint density at radius 2 is 1.58 bits per heavy atom. The molecule has 4 nitrogen and oxygen atoms in total. The molecule has 1 N–H and O–H groups in total. The van der Waals surface area contributed by atoms with E-state index in [0.29, 0.717) is 10.6 Å². The van der Waals surface area contributed by atoms with Crippen molar-refractivity contribution in [2.75, 3.05) is 5.32 Å². The van der Waals surface area contributed by atoms with Crippen molar-refractivity contribution in [3.63, 3.8) is 0 Å². The molecule has 0 spiro atoms. The Hall–Kier alpha value is -4.40. The fraction of sp³-hybridized carbons (Fsp3) is 0. The highest BCUT2D eigenvalue weighted by Gasteiger charge is 2.09. The summed E-state index contributed by atoms with van der Waals surface area (Å²) in [5.74, 6) is 1.53. The molecular formula is C28H19N3OS. The van der Waals surface area contributed by atoms with E-state index < -0.39 is 0 Å². The van der Waals surface area contributed by atoms with Gasteiger partial charge in [-0.25, -0.2) is 4.98 Å². The molecule has 0 aliphatic carbocycles. The van der Waals surface area contributed by atoms with Crippen LogP contribution in [0.15, 0.2) is 109 Å². The highest BCUT2D eigenvalue weighted by molar-refractivity contribution is 7.11. The number of para-hydroxylation sites is 1. The van der Waals surface area contributed by atoms with E-state index in [0.717, 1.165) is 28.4 Å². The van der Waals surface area contributed by atoms with Gasteiger partial charge in [0.2, 0.25) is 0 Å². The van der Waals surface area contributed by atoms with Gasteiger partial charge in [0.1, 0.15) is 28.1 Å². The van der Waals surface area contributed by atoms with Crippen molar-refractivity contribution in [3.8, 4) is 28.8 Å². The van der Waals surface area contributed by atoms with Gasteiger partial charge in [-0.2, -0.15) is 5.26 Å². The Balaban J connectivity index is 1.30. The summed E-state index contributed by atoms with van der Waals surface area (Å²) in [6.07, 6.45) is 1.69. The van der Waals surface area contributed by atoms with Gasteiger partial charge in [-0.3, -0.25) is 0 Å². The molecule has 0 radical (unpaired) electrons. The number of fused-ring (bicyclic) bond motifs is 1. The summed E-state index contributed by atoms with van der Waals surface area (Å²) in [7, 11) is 0. The van der Waals surface area contributed by atoms with E-state index in [4.69, 9.17) is 9.72 Å². The fourth-order valence-corrected chi connectivity index (χ4v) is 4.21. The number of nitriles is 1. The third-order valence-corrected chi connectivity index (χ3v) is 5.99. The van der Waals surface area contributed by atoms with Crippen molar-refractivity contribution in [3.05, 3.63) is 114 Å². The minimum Gasteiger partial charge on any atom is -0.457 e. The smallest absolute Gasteiger partial charge is 0.136 e. The number of rotatable bonds is 6. The van der Waals surface area contributed by atoms with Crippen molar-refractivity contribution >= 4 is 33.4 Å².